The Morgan fingerprint density at radius 2 is 1.52 bits per heavy atom. The SMILES string of the molecule is COCCOCC[N+]1(C)CCCCCC1.O=S(=O)([O-])C(F)(F)F. The van der Waals surface area contributed by atoms with Gasteiger partial charge in [-0.05, 0) is 25.7 Å². The molecule has 1 fully saturated rings. The zero-order valence-corrected chi connectivity index (χ0v) is 14.4. The van der Waals surface area contributed by atoms with E-state index in [0.717, 1.165) is 19.8 Å². The molecule has 1 rings (SSSR count). The van der Waals surface area contributed by atoms with Crippen molar-refractivity contribution in [3.8, 4) is 0 Å². The summed E-state index contributed by atoms with van der Waals surface area (Å²) in [6.07, 6.45) is 5.60. The van der Waals surface area contributed by atoms with Crippen LogP contribution in [0.4, 0.5) is 13.2 Å². The van der Waals surface area contributed by atoms with Crippen LogP contribution in [0.1, 0.15) is 25.7 Å². The maximum Gasteiger partial charge on any atom is 0.485 e. The lowest BCUT2D eigenvalue weighted by atomic mass is 10.2. The standard InChI is InChI=1S/C12H26NO2.CHF3O3S/c1-13(7-5-3-4-6-8-13)9-10-15-12-11-14-2;2-1(3,4)8(5,6)7/h3-12H2,1-2H3;(H,5,6,7)/q+1;/p-1. The summed E-state index contributed by atoms with van der Waals surface area (Å²) in [5.74, 6) is 0. The van der Waals surface area contributed by atoms with Gasteiger partial charge >= 0.3 is 5.51 Å². The van der Waals surface area contributed by atoms with Crippen LogP contribution in [0, 0.1) is 0 Å². The zero-order chi connectivity index (χ0) is 18.0. The van der Waals surface area contributed by atoms with Crippen molar-refractivity contribution in [2.24, 2.45) is 0 Å². The van der Waals surface area contributed by atoms with E-state index in [1.54, 1.807) is 7.11 Å². The van der Waals surface area contributed by atoms with Gasteiger partial charge in [0.1, 0.15) is 6.54 Å². The Morgan fingerprint density at radius 1 is 1.04 bits per heavy atom. The van der Waals surface area contributed by atoms with E-state index < -0.39 is 15.6 Å². The van der Waals surface area contributed by atoms with Gasteiger partial charge in [0.2, 0.25) is 0 Å². The number of rotatable bonds is 6. The lowest BCUT2D eigenvalue weighted by Gasteiger charge is -2.33. The first-order valence-electron chi connectivity index (χ1n) is 7.44. The molecule has 0 spiro atoms. The second-order valence-corrected chi connectivity index (χ2v) is 7.08. The van der Waals surface area contributed by atoms with Gasteiger partial charge in [0.05, 0.1) is 40.0 Å². The van der Waals surface area contributed by atoms with Crippen LogP contribution in [0.2, 0.25) is 0 Å². The normalized spacial score (nSPS) is 18.7. The smallest absolute Gasteiger partial charge is 0.485 e. The van der Waals surface area contributed by atoms with E-state index in [-0.39, 0.29) is 0 Å². The molecule has 1 saturated heterocycles. The number of halogens is 3. The highest BCUT2D eigenvalue weighted by Crippen LogP contribution is 2.20. The highest BCUT2D eigenvalue weighted by atomic mass is 32.2. The van der Waals surface area contributed by atoms with E-state index in [1.807, 2.05) is 0 Å². The van der Waals surface area contributed by atoms with Crippen LogP contribution in [-0.2, 0) is 19.6 Å². The molecule has 0 bridgehead atoms. The molecule has 0 radical (unpaired) electrons. The third-order valence-electron chi connectivity index (χ3n) is 3.64. The Morgan fingerprint density at radius 3 is 1.91 bits per heavy atom. The van der Waals surface area contributed by atoms with Crippen molar-refractivity contribution in [1.29, 1.82) is 0 Å². The molecule has 0 saturated carbocycles. The van der Waals surface area contributed by atoms with Gasteiger partial charge in [0, 0.05) is 7.11 Å². The summed E-state index contributed by atoms with van der Waals surface area (Å²) >= 11 is 0. The van der Waals surface area contributed by atoms with Crippen molar-refractivity contribution in [2.45, 2.75) is 31.2 Å². The molecule has 0 unspecified atom stereocenters. The summed E-state index contributed by atoms with van der Waals surface area (Å²) in [4.78, 5) is 0. The molecule has 0 aromatic heterocycles. The van der Waals surface area contributed by atoms with Crippen LogP contribution in [0.3, 0.4) is 0 Å². The van der Waals surface area contributed by atoms with Crippen molar-refractivity contribution in [2.75, 3.05) is 53.6 Å². The highest BCUT2D eigenvalue weighted by molar-refractivity contribution is 7.86. The third-order valence-corrected chi connectivity index (χ3v) is 4.20. The summed E-state index contributed by atoms with van der Waals surface area (Å²) in [5.41, 5.74) is -5.65. The fraction of sp³-hybridized carbons (Fsp3) is 1.00. The van der Waals surface area contributed by atoms with E-state index in [1.165, 1.54) is 43.3 Å². The number of hydrogen-bond donors (Lipinski definition) is 0. The Bertz CT molecular complexity index is 406. The van der Waals surface area contributed by atoms with Crippen molar-refractivity contribution >= 4 is 10.1 Å². The second kappa shape index (κ2) is 10.4. The fourth-order valence-electron chi connectivity index (χ4n) is 2.21. The molecule has 140 valence electrons. The molecule has 0 aliphatic carbocycles. The first-order chi connectivity index (χ1) is 10.5. The van der Waals surface area contributed by atoms with E-state index in [2.05, 4.69) is 7.05 Å². The van der Waals surface area contributed by atoms with Crippen molar-refractivity contribution < 1.29 is 40.1 Å². The average Bonchev–Trinajstić information content (AvgIpc) is 2.62. The zero-order valence-electron chi connectivity index (χ0n) is 13.6. The van der Waals surface area contributed by atoms with Gasteiger partial charge in [-0.25, -0.2) is 8.42 Å². The molecule has 23 heavy (non-hydrogen) atoms. The maximum absolute atomic E-state index is 10.7. The lowest BCUT2D eigenvalue weighted by Crippen LogP contribution is -2.47. The van der Waals surface area contributed by atoms with Crippen LogP contribution >= 0.6 is 0 Å². The minimum absolute atomic E-state index is 0.712. The molecule has 1 aliphatic rings. The summed E-state index contributed by atoms with van der Waals surface area (Å²) in [6, 6.07) is 0. The van der Waals surface area contributed by atoms with Crippen molar-refractivity contribution in [3.63, 3.8) is 0 Å². The van der Waals surface area contributed by atoms with Gasteiger partial charge in [0.25, 0.3) is 0 Å². The Balaban J connectivity index is 0.000000515. The van der Waals surface area contributed by atoms with Gasteiger partial charge in [-0.3, -0.25) is 0 Å². The van der Waals surface area contributed by atoms with Crippen molar-refractivity contribution in [1.82, 2.24) is 0 Å². The molecular weight excluding hydrogens is 339 g/mol. The number of hydrogen-bond acceptors (Lipinski definition) is 5. The van der Waals surface area contributed by atoms with Crippen molar-refractivity contribution in [3.05, 3.63) is 0 Å². The highest BCUT2D eigenvalue weighted by Gasteiger charge is 2.36. The number of alkyl halides is 3. The Kier molecular flexibility index (Phi) is 10.3. The second-order valence-electron chi connectivity index (χ2n) is 5.71. The number of nitrogens with zero attached hydrogens (tertiary/aromatic N) is 1. The summed E-state index contributed by atoms with van der Waals surface area (Å²) in [6.45, 7) is 6.13. The topological polar surface area (TPSA) is 75.7 Å². The fourth-order valence-corrected chi connectivity index (χ4v) is 2.21. The minimum Gasteiger partial charge on any atom is -0.741 e. The molecule has 0 N–H and O–H groups in total. The predicted molar refractivity (Wildman–Crippen MR) is 77.7 cm³/mol. The van der Waals surface area contributed by atoms with E-state index >= 15 is 0 Å². The number of quaternary nitrogens is 1. The largest absolute Gasteiger partial charge is 0.741 e. The van der Waals surface area contributed by atoms with Gasteiger partial charge in [0.15, 0.2) is 10.1 Å². The molecule has 0 amide bonds. The van der Waals surface area contributed by atoms with Crippen LogP contribution in [0.25, 0.3) is 0 Å². The molecule has 10 heteroatoms. The number of likely N-dealkylation sites (tertiary alicyclic amines) is 1. The molecule has 1 heterocycles. The molecule has 0 atom stereocenters. The van der Waals surface area contributed by atoms with Gasteiger partial charge < -0.3 is 18.5 Å². The Labute approximate surface area is 135 Å². The van der Waals surface area contributed by atoms with Crippen LogP contribution < -0.4 is 0 Å². The molecule has 1 aliphatic heterocycles. The molecule has 0 aromatic rings. The molecule has 6 nitrogen and oxygen atoms in total. The summed E-state index contributed by atoms with van der Waals surface area (Å²) in [5, 5.41) is 0. The average molecular weight is 365 g/mol. The predicted octanol–water partition coefficient (Wildman–Crippen LogP) is 1.72. The van der Waals surface area contributed by atoms with Gasteiger partial charge in [-0.2, -0.15) is 13.2 Å². The van der Waals surface area contributed by atoms with Gasteiger partial charge in [-0.1, -0.05) is 0 Å². The minimum atomic E-state index is -6.09. The first kappa shape index (κ1) is 22.6. The number of methoxy groups -OCH3 is 1. The summed E-state index contributed by atoms with van der Waals surface area (Å²) < 4.78 is 70.6. The van der Waals surface area contributed by atoms with Crippen LogP contribution in [0.5, 0.6) is 0 Å². The van der Waals surface area contributed by atoms with Crippen LogP contribution in [-0.4, -0.2) is 76.6 Å². The third kappa shape index (κ3) is 10.9. The van der Waals surface area contributed by atoms with E-state index in [4.69, 9.17) is 22.4 Å². The van der Waals surface area contributed by atoms with Crippen LogP contribution in [0.15, 0.2) is 0 Å². The van der Waals surface area contributed by atoms with E-state index in [9.17, 15) is 13.2 Å². The molecule has 0 aromatic carbocycles. The van der Waals surface area contributed by atoms with E-state index in [0.29, 0.717) is 6.61 Å². The summed E-state index contributed by atoms with van der Waals surface area (Å²) in [7, 11) is -2.01. The monoisotopic (exact) mass is 365 g/mol. The Hall–Kier alpha value is -0.420. The quantitative estimate of drug-likeness (QED) is 0.310. The van der Waals surface area contributed by atoms with Gasteiger partial charge in [-0.15, -0.1) is 0 Å². The maximum atomic E-state index is 10.7. The first-order valence-corrected chi connectivity index (χ1v) is 8.85. The number of likely N-dealkylation sites (N-methyl/N-ethyl adjacent to an activating group) is 1. The lowest BCUT2D eigenvalue weighted by molar-refractivity contribution is -0.909. The molecular formula is C13H26F3NO5S. The number of ether oxygens (including phenoxy) is 2.